The third-order valence-corrected chi connectivity index (χ3v) is 10.2. The van der Waals surface area contributed by atoms with Gasteiger partial charge in [0, 0.05) is 19.3 Å². The van der Waals surface area contributed by atoms with E-state index in [0.717, 1.165) is 70.6 Å². The lowest BCUT2D eigenvalue weighted by Gasteiger charge is -2.31. The molecule has 0 aromatic rings. The van der Waals surface area contributed by atoms with E-state index in [1.807, 2.05) is 21.1 Å². The molecule has 0 radical (unpaired) electrons. The van der Waals surface area contributed by atoms with Gasteiger partial charge in [0.15, 0.2) is 12.1 Å². The number of rotatable bonds is 42. The highest BCUT2D eigenvalue weighted by atomic mass is 16.6. The Bertz CT molecular complexity index is 1330. The van der Waals surface area contributed by atoms with Crippen LogP contribution in [0.5, 0.6) is 0 Å². The van der Waals surface area contributed by atoms with Gasteiger partial charge in [0.05, 0.1) is 34.4 Å². The van der Waals surface area contributed by atoms with Crippen LogP contribution >= 0.6 is 0 Å². The van der Waals surface area contributed by atoms with Crippen molar-refractivity contribution in [2.45, 2.75) is 187 Å². The van der Waals surface area contributed by atoms with Crippen molar-refractivity contribution in [2.24, 2.45) is 0 Å². The second-order valence-electron chi connectivity index (χ2n) is 17.0. The largest absolute Gasteiger partial charge is 0.477 e. The predicted octanol–water partition coefficient (Wildman–Crippen LogP) is 13.9. The minimum absolute atomic E-state index is 0.0309. The summed E-state index contributed by atoms with van der Waals surface area (Å²) in [7, 11) is 5.50. The Hall–Kier alpha value is -3.75. The second-order valence-corrected chi connectivity index (χ2v) is 17.0. The van der Waals surface area contributed by atoms with Gasteiger partial charge in [-0.15, -0.1) is 0 Å². The molecule has 0 amide bonds. The smallest absolute Gasteiger partial charge is 0.362 e. The van der Waals surface area contributed by atoms with E-state index in [4.69, 9.17) is 14.2 Å². The molecule has 0 rings (SSSR count). The summed E-state index contributed by atoms with van der Waals surface area (Å²) in [5, 5.41) is 9.64. The number of unbranched alkanes of at least 4 members (excludes halogenated alkanes) is 12. The molecule has 0 aromatic heterocycles. The molecule has 0 fully saturated rings. The van der Waals surface area contributed by atoms with Crippen molar-refractivity contribution in [3.8, 4) is 0 Å². The van der Waals surface area contributed by atoms with Crippen LogP contribution in [0.4, 0.5) is 0 Å². The fraction of sp³-hybridized carbons (Fsp3) is 0.648. The van der Waals surface area contributed by atoms with Crippen molar-refractivity contribution in [1.82, 2.24) is 0 Å². The van der Waals surface area contributed by atoms with Crippen LogP contribution in [0.25, 0.3) is 0 Å². The number of carbonyl (C=O) groups is 3. The van der Waals surface area contributed by atoms with Crippen molar-refractivity contribution in [1.29, 1.82) is 0 Å². The number of carboxylic acid groups (broad SMARTS) is 1. The van der Waals surface area contributed by atoms with E-state index in [9.17, 15) is 19.5 Å². The Morgan fingerprint density at radius 2 is 0.919 bits per heavy atom. The number of quaternary nitrogens is 1. The summed E-state index contributed by atoms with van der Waals surface area (Å²) < 4.78 is 17.2. The molecule has 8 nitrogen and oxygen atoms in total. The summed E-state index contributed by atoms with van der Waals surface area (Å²) in [6.45, 7) is 4.53. The van der Waals surface area contributed by atoms with Crippen LogP contribution in [-0.4, -0.2) is 80.6 Å². The van der Waals surface area contributed by atoms with Gasteiger partial charge in [-0.1, -0.05) is 162 Å². The van der Waals surface area contributed by atoms with Gasteiger partial charge in [-0.3, -0.25) is 9.59 Å². The second kappa shape index (κ2) is 43.9. The molecule has 0 bridgehead atoms. The molecule has 0 aromatic carbocycles. The molecule has 2 atom stereocenters. The molecule has 0 saturated heterocycles. The van der Waals surface area contributed by atoms with Crippen molar-refractivity contribution in [3.05, 3.63) is 97.2 Å². The summed E-state index contributed by atoms with van der Waals surface area (Å²) in [5.74, 6) is -1.56. The maximum atomic E-state index is 12.8. The fourth-order valence-electron chi connectivity index (χ4n) is 6.49. The maximum Gasteiger partial charge on any atom is 0.362 e. The number of hydrogen-bond donors (Lipinski definition) is 1. The number of carbonyl (C=O) groups excluding carboxylic acids is 2. The molecule has 62 heavy (non-hydrogen) atoms. The van der Waals surface area contributed by atoms with Gasteiger partial charge in [0.25, 0.3) is 0 Å². The van der Waals surface area contributed by atoms with Gasteiger partial charge >= 0.3 is 17.9 Å². The van der Waals surface area contributed by atoms with E-state index >= 15 is 0 Å². The van der Waals surface area contributed by atoms with Crippen molar-refractivity contribution < 1.29 is 38.2 Å². The summed E-state index contributed by atoms with van der Waals surface area (Å²) >= 11 is 0. The lowest BCUT2D eigenvalue weighted by Crippen LogP contribution is -2.50. The van der Waals surface area contributed by atoms with Crippen LogP contribution in [0.15, 0.2) is 97.2 Å². The minimum Gasteiger partial charge on any atom is -0.477 e. The van der Waals surface area contributed by atoms with E-state index in [1.54, 1.807) is 0 Å². The first-order valence-corrected chi connectivity index (χ1v) is 24.3. The number of likely N-dealkylation sites (N-methyl/N-ethyl adjacent to an activating group) is 1. The number of allylic oxidation sites excluding steroid dienone is 16. The van der Waals surface area contributed by atoms with E-state index in [1.165, 1.54) is 64.2 Å². The Labute approximate surface area is 379 Å². The molecule has 8 heteroatoms. The summed E-state index contributed by atoms with van der Waals surface area (Å²) in [5.41, 5.74) is 0. The van der Waals surface area contributed by atoms with E-state index in [-0.39, 0.29) is 42.7 Å². The van der Waals surface area contributed by atoms with E-state index < -0.39 is 18.1 Å². The molecule has 2 unspecified atom stereocenters. The van der Waals surface area contributed by atoms with Crippen LogP contribution in [-0.2, 0) is 28.6 Å². The van der Waals surface area contributed by atoms with Gasteiger partial charge in [0.1, 0.15) is 6.61 Å². The summed E-state index contributed by atoms with van der Waals surface area (Å²) in [4.78, 5) is 37.1. The standard InChI is InChI=1S/C54H89NO7/c1-6-8-10-12-14-16-18-20-22-23-24-25-26-27-28-29-31-33-35-37-39-41-43-45-53(57)62-50(48-60-47-46-51(54(58)59)55(3,4)5)49-61-52(56)44-42-40-38-36-34-32-30-21-19-17-15-13-11-9-7-2/h8,10,14,16-17,19-20,22,24-25,27-28,31,33,37,39,50-51H,6-7,9,11-13,15,18,21,23,26,29-30,32,34-36,38,40-49H2,1-5H3/p+1/b10-8+,16-14+,19-17+,22-20+,25-24+,28-27+,33-31+,39-37+. The highest BCUT2D eigenvalue weighted by Gasteiger charge is 2.31. The first-order chi connectivity index (χ1) is 30.1. The van der Waals surface area contributed by atoms with Gasteiger partial charge < -0.3 is 23.8 Å². The average Bonchev–Trinajstić information content (AvgIpc) is 3.23. The third-order valence-electron chi connectivity index (χ3n) is 10.2. The highest BCUT2D eigenvalue weighted by Crippen LogP contribution is 2.13. The molecule has 1 N–H and O–H groups in total. The van der Waals surface area contributed by atoms with Gasteiger partial charge in [-0.25, -0.2) is 4.79 Å². The zero-order chi connectivity index (χ0) is 45.6. The van der Waals surface area contributed by atoms with Crippen molar-refractivity contribution in [3.63, 3.8) is 0 Å². The molecule has 0 aliphatic carbocycles. The zero-order valence-corrected chi connectivity index (χ0v) is 40.0. The first-order valence-electron chi connectivity index (χ1n) is 24.3. The van der Waals surface area contributed by atoms with E-state index in [2.05, 4.69) is 111 Å². The number of carboxylic acids is 1. The SMILES string of the molecule is CC/C=C/C/C=C/C/C=C/C/C=C/C/C=C/C/C=C/C/C=C/CCCC(=O)OC(COCCC(C(=O)O)[N+](C)(C)C)COC(=O)CCCCCCCCC/C=C/CCCCCC. The average molecular weight is 865 g/mol. The van der Waals surface area contributed by atoms with E-state index in [0.29, 0.717) is 19.3 Å². The fourth-order valence-corrected chi connectivity index (χ4v) is 6.49. The molecule has 0 aliphatic heterocycles. The first kappa shape index (κ1) is 58.2. The van der Waals surface area contributed by atoms with Crippen LogP contribution < -0.4 is 0 Å². The van der Waals surface area contributed by atoms with Crippen molar-refractivity contribution in [2.75, 3.05) is 41.0 Å². The quantitative estimate of drug-likeness (QED) is 0.0282. The number of ether oxygens (including phenoxy) is 3. The number of esters is 2. The molecule has 0 saturated carbocycles. The van der Waals surface area contributed by atoms with Crippen LogP contribution in [0.1, 0.15) is 174 Å². The number of aliphatic carboxylic acids is 1. The molecular formula is C54H90NO7+. The Morgan fingerprint density at radius 3 is 1.40 bits per heavy atom. The van der Waals surface area contributed by atoms with Gasteiger partial charge in [-0.2, -0.15) is 0 Å². The lowest BCUT2D eigenvalue weighted by molar-refractivity contribution is -0.887. The molecular weight excluding hydrogens is 775 g/mol. The summed E-state index contributed by atoms with van der Waals surface area (Å²) in [6, 6.07) is -0.631. The lowest BCUT2D eigenvalue weighted by atomic mass is 10.1. The molecule has 0 heterocycles. The topological polar surface area (TPSA) is 99.1 Å². The number of nitrogens with zero attached hydrogens (tertiary/aromatic N) is 1. The maximum absolute atomic E-state index is 12.8. The number of hydrogen-bond acceptors (Lipinski definition) is 6. The van der Waals surface area contributed by atoms with Crippen LogP contribution in [0.3, 0.4) is 0 Å². The molecule has 0 spiro atoms. The van der Waals surface area contributed by atoms with Gasteiger partial charge in [0.2, 0.25) is 0 Å². The minimum atomic E-state index is -0.888. The monoisotopic (exact) mass is 865 g/mol. The van der Waals surface area contributed by atoms with Crippen LogP contribution in [0, 0.1) is 0 Å². The molecule has 352 valence electrons. The zero-order valence-electron chi connectivity index (χ0n) is 40.0. The normalized spacial score (nSPS) is 13.8. The van der Waals surface area contributed by atoms with Crippen LogP contribution in [0.2, 0.25) is 0 Å². The Morgan fingerprint density at radius 1 is 0.500 bits per heavy atom. The Balaban J connectivity index is 4.43. The van der Waals surface area contributed by atoms with Gasteiger partial charge in [-0.05, 0) is 89.9 Å². The van der Waals surface area contributed by atoms with Crippen molar-refractivity contribution >= 4 is 17.9 Å². The third kappa shape index (κ3) is 41.6. The Kier molecular flexibility index (Phi) is 41.2. The molecule has 0 aliphatic rings. The predicted molar refractivity (Wildman–Crippen MR) is 261 cm³/mol. The highest BCUT2D eigenvalue weighted by molar-refractivity contribution is 5.72. The summed E-state index contributed by atoms with van der Waals surface area (Å²) in [6.07, 6.45) is 58.9.